The summed E-state index contributed by atoms with van der Waals surface area (Å²) in [6, 6.07) is 12.9. The van der Waals surface area contributed by atoms with Crippen LogP contribution in [0.4, 0.5) is 8.78 Å². The minimum absolute atomic E-state index is 0.110. The third-order valence-electron chi connectivity index (χ3n) is 2.57. The summed E-state index contributed by atoms with van der Waals surface area (Å²) in [5.74, 6) is 0.739. The highest BCUT2D eigenvalue weighted by molar-refractivity contribution is 5.74. The predicted molar refractivity (Wildman–Crippen MR) is 69.2 cm³/mol. The number of aldehydes is 1. The Morgan fingerprint density at radius 3 is 2.10 bits per heavy atom. The van der Waals surface area contributed by atoms with Gasteiger partial charge in [0, 0.05) is 5.56 Å². The van der Waals surface area contributed by atoms with Crippen LogP contribution < -0.4 is 9.47 Å². The molecule has 2 rings (SSSR count). The van der Waals surface area contributed by atoms with Gasteiger partial charge in [0.2, 0.25) is 0 Å². The van der Waals surface area contributed by atoms with Gasteiger partial charge in [-0.1, -0.05) is 12.1 Å². The normalized spacial score (nSPS) is 10.3. The predicted octanol–water partition coefficient (Wildman–Crippen LogP) is 3.68. The standard InChI is InChI=1S/C15H12F2O3/c16-15(17)20-14-7-3-12(4-8-14)10-19-13-5-1-11(9-18)2-6-13/h1-9,15H,10H2. The molecule has 0 unspecified atom stereocenters. The third kappa shape index (κ3) is 4.05. The first-order chi connectivity index (χ1) is 9.67. The molecule has 2 aromatic rings. The molecule has 0 aliphatic carbocycles. The van der Waals surface area contributed by atoms with Crippen LogP contribution in [0.3, 0.4) is 0 Å². The molecule has 2 aromatic carbocycles. The molecule has 0 fully saturated rings. The number of hydrogen-bond donors (Lipinski definition) is 0. The van der Waals surface area contributed by atoms with E-state index >= 15 is 0 Å². The lowest BCUT2D eigenvalue weighted by Crippen LogP contribution is -2.02. The van der Waals surface area contributed by atoms with Gasteiger partial charge in [-0.3, -0.25) is 4.79 Å². The summed E-state index contributed by atoms with van der Waals surface area (Å²) in [5.41, 5.74) is 1.40. The van der Waals surface area contributed by atoms with Crippen molar-refractivity contribution in [1.82, 2.24) is 0 Å². The average Bonchev–Trinajstić information content (AvgIpc) is 2.46. The number of ether oxygens (including phenoxy) is 2. The van der Waals surface area contributed by atoms with Crippen LogP contribution in [-0.4, -0.2) is 12.9 Å². The maximum atomic E-state index is 12.0. The van der Waals surface area contributed by atoms with Gasteiger partial charge in [0.15, 0.2) is 0 Å². The SMILES string of the molecule is O=Cc1ccc(OCc2ccc(OC(F)F)cc2)cc1. The summed E-state index contributed by atoms with van der Waals surface area (Å²) >= 11 is 0. The molecule has 0 spiro atoms. The van der Waals surface area contributed by atoms with Gasteiger partial charge in [-0.2, -0.15) is 8.78 Å². The van der Waals surface area contributed by atoms with E-state index in [1.807, 2.05) is 0 Å². The maximum Gasteiger partial charge on any atom is 0.387 e. The van der Waals surface area contributed by atoms with Crippen LogP contribution in [-0.2, 0) is 6.61 Å². The van der Waals surface area contributed by atoms with E-state index in [1.165, 1.54) is 12.1 Å². The zero-order valence-electron chi connectivity index (χ0n) is 10.5. The first kappa shape index (κ1) is 14.0. The molecule has 3 nitrogen and oxygen atoms in total. The summed E-state index contributed by atoms with van der Waals surface area (Å²) in [6.07, 6.45) is 0.755. The van der Waals surface area contributed by atoms with Crippen LogP contribution in [0.1, 0.15) is 15.9 Å². The van der Waals surface area contributed by atoms with Gasteiger partial charge < -0.3 is 9.47 Å². The van der Waals surface area contributed by atoms with E-state index in [2.05, 4.69) is 4.74 Å². The van der Waals surface area contributed by atoms with Crippen molar-refractivity contribution < 1.29 is 23.0 Å². The molecule has 0 aromatic heterocycles. The van der Waals surface area contributed by atoms with Crippen molar-refractivity contribution in [2.24, 2.45) is 0 Å². The molecule has 20 heavy (non-hydrogen) atoms. The third-order valence-corrected chi connectivity index (χ3v) is 2.57. The van der Waals surface area contributed by atoms with E-state index in [1.54, 1.807) is 36.4 Å². The largest absolute Gasteiger partial charge is 0.489 e. The molecule has 0 atom stereocenters. The molecule has 0 aliphatic rings. The lowest BCUT2D eigenvalue weighted by atomic mass is 10.2. The highest BCUT2D eigenvalue weighted by atomic mass is 19.3. The Balaban J connectivity index is 1.91. The molecule has 0 bridgehead atoms. The molecule has 0 heterocycles. The van der Waals surface area contributed by atoms with Crippen LogP contribution in [0.25, 0.3) is 0 Å². The summed E-state index contributed by atoms with van der Waals surface area (Å²) in [4.78, 5) is 10.5. The van der Waals surface area contributed by atoms with Crippen LogP contribution in [0, 0.1) is 0 Å². The molecule has 5 heteroatoms. The fourth-order valence-corrected chi connectivity index (χ4v) is 1.58. The molecular formula is C15H12F2O3. The highest BCUT2D eigenvalue weighted by Crippen LogP contribution is 2.17. The maximum absolute atomic E-state index is 12.0. The quantitative estimate of drug-likeness (QED) is 0.756. The average molecular weight is 278 g/mol. The molecule has 0 aliphatic heterocycles. The fourth-order valence-electron chi connectivity index (χ4n) is 1.58. The Morgan fingerprint density at radius 1 is 0.950 bits per heavy atom. The van der Waals surface area contributed by atoms with Crippen molar-refractivity contribution >= 4 is 6.29 Å². The van der Waals surface area contributed by atoms with E-state index in [9.17, 15) is 13.6 Å². The Morgan fingerprint density at radius 2 is 1.55 bits per heavy atom. The molecular weight excluding hydrogens is 266 g/mol. The van der Waals surface area contributed by atoms with Crippen LogP contribution in [0.5, 0.6) is 11.5 Å². The Labute approximate surface area is 114 Å². The second-order valence-corrected chi connectivity index (χ2v) is 4.00. The summed E-state index contributed by atoms with van der Waals surface area (Å²) in [7, 11) is 0. The van der Waals surface area contributed by atoms with Crippen molar-refractivity contribution in [2.75, 3.05) is 0 Å². The lowest BCUT2D eigenvalue weighted by molar-refractivity contribution is -0.0498. The second kappa shape index (κ2) is 6.65. The van der Waals surface area contributed by atoms with E-state index in [4.69, 9.17) is 4.74 Å². The van der Waals surface area contributed by atoms with Crippen LogP contribution >= 0.6 is 0 Å². The Bertz CT molecular complexity index is 550. The zero-order chi connectivity index (χ0) is 14.4. The first-order valence-electron chi connectivity index (χ1n) is 5.89. The van der Waals surface area contributed by atoms with Gasteiger partial charge >= 0.3 is 6.61 Å². The van der Waals surface area contributed by atoms with E-state index in [0.29, 0.717) is 17.9 Å². The molecule has 104 valence electrons. The van der Waals surface area contributed by atoms with Crippen molar-refractivity contribution in [1.29, 1.82) is 0 Å². The minimum atomic E-state index is -2.83. The fraction of sp³-hybridized carbons (Fsp3) is 0.133. The van der Waals surface area contributed by atoms with Gasteiger partial charge in [0.25, 0.3) is 0 Å². The molecule has 0 radical (unpaired) electrons. The first-order valence-corrected chi connectivity index (χ1v) is 5.89. The molecule has 0 saturated heterocycles. The van der Waals surface area contributed by atoms with Gasteiger partial charge in [-0.15, -0.1) is 0 Å². The van der Waals surface area contributed by atoms with Crippen LogP contribution in [0.15, 0.2) is 48.5 Å². The molecule has 0 N–H and O–H groups in total. The number of carbonyl (C=O) groups is 1. The molecule has 0 amide bonds. The van der Waals surface area contributed by atoms with Gasteiger partial charge in [0.05, 0.1) is 0 Å². The van der Waals surface area contributed by atoms with Crippen molar-refractivity contribution in [3.63, 3.8) is 0 Å². The summed E-state index contributed by atoms with van der Waals surface area (Å²) in [5, 5.41) is 0. The topological polar surface area (TPSA) is 35.5 Å². The van der Waals surface area contributed by atoms with Crippen LogP contribution in [0.2, 0.25) is 0 Å². The highest BCUT2D eigenvalue weighted by Gasteiger charge is 2.04. The Kier molecular flexibility index (Phi) is 4.65. The smallest absolute Gasteiger partial charge is 0.387 e. The number of hydrogen-bond acceptors (Lipinski definition) is 3. The van der Waals surface area contributed by atoms with E-state index in [-0.39, 0.29) is 5.75 Å². The lowest BCUT2D eigenvalue weighted by Gasteiger charge is -2.08. The number of carbonyl (C=O) groups excluding carboxylic acids is 1. The van der Waals surface area contributed by atoms with E-state index < -0.39 is 6.61 Å². The Hall–Kier alpha value is -2.43. The minimum Gasteiger partial charge on any atom is -0.489 e. The number of halogens is 2. The summed E-state index contributed by atoms with van der Waals surface area (Å²) in [6.45, 7) is -2.52. The zero-order valence-corrected chi connectivity index (χ0v) is 10.5. The molecule has 0 saturated carbocycles. The number of benzene rings is 2. The number of alkyl halides is 2. The summed E-state index contributed by atoms with van der Waals surface area (Å²) < 4.78 is 33.7. The monoisotopic (exact) mass is 278 g/mol. The van der Waals surface area contributed by atoms with Crippen molar-refractivity contribution in [2.45, 2.75) is 13.2 Å². The van der Waals surface area contributed by atoms with Gasteiger partial charge in [-0.05, 0) is 42.0 Å². The number of rotatable bonds is 6. The van der Waals surface area contributed by atoms with Crippen molar-refractivity contribution in [3.05, 3.63) is 59.7 Å². The van der Waals surface area contributed by atoms with E-state index in [0.717, 1.165) is 11.8 Å². The van der Waals surface area contributed by atoms with Gasteiger partial charge in [-0.25, -0.2) is 0 Å². The van der Waals surface area contributed by atoms with Crippen molar-refractivity contribution in [3.8, 4) is 11.5 Å². The second-order valence-electron chi connectivity index (χ2n) is 4.00. The van der Waals surface area contributed by atoms with Gasteiger partial charge in [0.1, 0.15) is 24.4 Å².